The smallest absolute Gasteiger partial charge is 0.320 e. The van der Waals surface area contributed by atoms with E-state index in [1.165, 1.54) is 0 Å². The fourth-order valence-corrected chi connectivity index (χ4v) is 2.19. The normalized spacial score (nSPS) is 33.1. The zero-order valence-corrected chi connectivity index (χ0v) is 10.5. The van der Waals surface area contributed by atoms with Gasteiger partial charge in [-0.05, 0) is 26.3 Å². The average Bonchev–Trinajstić information content (AvgIpc) is 2.40. The molecule has 0 aromatic rings. The minimum atomic E-state index is -0.407. The molecule has 0 spiro atoms. The van der Waals surface area contributed by atoms with Crippen molar-refractivity contribution in [1.29, 1.82) is 0 Å². The molecule has 0 unspecified atom stereocenters. The Bertz CT molecular complexity index is 404. The van der Waals surface area contributed by atoms with Crippen molar-refractivity contribution in [3.05, 3.63) is 35.6 Å². The highest BCUT2D eigenvalue weighted by atomic mass is 16.6. The van der Waals surface area contributed by atoms with E-state index in [1.54, 1.807) is 0 Å². The molecule has 1 aliphatic heterocycles. The number of allylic oxidation sites excluding steroid dienone is 4. The van der Waals surface area contributed by atoms with Gasteiger partial charge < -0.3 is 9.47 Å². The summed E-state index contributed by atoms with van der Waals surface area (Å²) < 4.78 is 11.3. The van der Waals surface area contributed by atoms with E-state index in [1.807, 2.05) is 45.1 Å². The maximum Gasteiger partial charge on any atom is 0.320 e. The lowest BCUT2D eigenvalue weighted by Crippen LogP contribution is -2.31. The van der Waals surface area contributed by atoms with Crippen molar-refractivity contribution in [3.63, 3.8) is 0 Å². The van der Waals surface area contributed by atoms with Crippen LogP contribution in [-0.4, -0.2) is 18.2 Å². The van der Waals surface area contributed by atoms with Gasteiger partial charge in [0.05, 0.1) is 6.10 Å². The lowest BCUT2D eigenvalue weighted by atomic mass is 10.0. The van der Waals surface area contributed by atoms with Crippen LogP contribution >= 0.6 is 0 Å². The minimum absolute atomic E-state index is 0.0606. The Morgan fingerprint density at radius 2 is 1.88 bits per heavy atom. The molecule has 3 nitrogen and oxygen atoms in total. The Morgan fingerprint density at radius 1 is 1.18 bits per heavy atom. The third kappa shape index (κ3) is 2.60. The van der Waals surface area contributed by atoms with E-state index in [0.29, 0.717) is 0 Å². The van der Waals surface area contributed by atoms with Crippen LogP contribution < -0.4 is 0 Å². The molecule has 1 fully saturated rings. The molecular formula is C14H18O3. The minimum Gasteiger partial charge on any atom is -0.493 e. The molecule has 17 heavy (non-hydrogen) atoms. The maximum atomic E-state index is 12.0. The van der Waals surface area contributed by atoms with Crippen LogP contribution in [0.2, 0.25) is 0 Å². The molecule has 0 saturated carbocycles. The highest BCUT2D eigenvalue weighted by Gasteiger charge is 2.31. The van der Waals surface area contributed by atoms with Crippen molar-refractivity contribution < 1.29 is 14.3 Å². The van der Waals surface area contributed by atoms with Gasteiger partial charge in [-0.15, -0.1) is 0 Å². The van der Waals surface area contributed by atoms with Gasteiger partial charge in [0.1, 0.15) is 17.8 Å². The predicted molar refractivity (Wildman–Crippen MR) is 65.2 cm³/mol. The van der Waals surface area contributed by atoms with Gasteiger partial charge >= 0.3 is 5.97 Å². The first kappa shape index (κ1) is 12.0. The SMILES string of the molecule is CC1=C2O[C@@H](C)C[C@H](C)OC(=O)[C@@H]2C=CC=C1. The van der Waals surface area contributed by atoms with Gasteiger partial charge in [-0.1, -0.05) is 24.3 Å². The molecule has 2 aliphatic rings. The highest BCUT2D eigenvalue weighted by molar-refractivity contribution is 5.78. The van der Waals surface area contributed by atoms with Crippen molar-refractivity contribution in [1.82, 2.24) is 0 Å². The Balaban J connectivity index is 2.36. The number of rotatable bonds is 0. The van der Waals surface area contributed by atoms with E-state index in [-0.39, 0.29) is 18.2 Å². The predicted octanol–water partition coefficient (Wildman–Crippen LogP) is 2.74. The molecule has 2 rings (SSSR count). The number of esters is 1. The molecule has 0 N–H and O–H groups in total. The molecule has 0 radical (unpaired) electrons. The van der Waals surface area contributed by atoms with Crippen LogP contribution in [-0.2, 0) is 14.3 Å². The summed E-state index contributed by atoms with van der Waals surface area (Å²) in [5.41, 5.74) is 0.985. The Hall–Kier alpha value is -1.51. The number of carbonyl (C=O) groups is 1. The van der Waals surface area contributed by atoms with Crippen molar-refractivity contribution >= 4 is 5.97 Å². The summed E-state index contributed by atoms with van der Waals surface area (Å²) in [5, 5.41) is 0. The zero-order chi connectivity index (χ0) is 12.4. The lowest BCUT2D eigenvalue weighted by molar-refractivity contribution is -0.156. The summed E-state index contributed by atoms with van der Waals surface area (Å²) in [6.45, 7) is 5.86. The molecular weight excluding hydrogens is 216 g/mol. The number of hydrogen-bond acceptors (Lipinski definition) is 3. The molecule has 1 heterocycles. The van der Waals surface area contributed by atoms with Gasteiger partial charge in [0.2, 0.25) is 0 Å². The summed E-state index contributed by atoms with van der Waals surface area (Å²) in [6, 6.07) is 0. The van der Waals surface area contributed by atoms with E-state index >= 15 is 0 Å². The van der Waals surface area contributed by atoms with Crippen molar-refractivity contribution in [2.75, 3.05) is 0 Å². The second kappa shape index (κ2) is 4.78. The van der Waals surface area contributed by atoms with Crippen LogP contribution in [0.15, 0.2) is 35.6 Å². The Labute approximate surface area is 102 Å². The standard InChI is InChI=1S/C14H18O3/c1-9-6-4-5-7-12-13(9)16-10(2)8-11(3)17-14(12)15/h4-7,10-12H,8H2,1-3H3/t10-,11-,12+/m0/s1. The average molecular weight is 234 g/mol. The Kier molecular flexibility index (Phi) is 3.36. The molecule has 0 aromatic carbocycles. The molecule has 0 bridgehead atoms. The second-order valence-corrected chi connectivity index (χ2v) is 4.68. The van der Waals surface area contributed by atoms with E-state index in [0.717, 1.165) is 17.8 Å². The maximum absolute atomic E-state index is 12.0. The van der Waals surface area contributed by atoms with Gasteiger partial charge in [0.15, 0.2) is 0 Å². The molecule has 0 aromatic heterocycles. The molecule has 1 saturated heterocycles. The molecule has 3 heteroatoms. The van der Waals surface area contributed by atoms with Gasteiger partial charge in [-0.3, -0.25) is 4.79 Å². The summed E-state index contributed by atoms with van der Waals surface area (Å²) >= 11 is 0. The summed E-state index contributed by atoms with van der Waals surface area (Å²) in [7, 11) is 0. The van der Waals surface area contributed by atoms with E-state index in [9.17, 15) is 4.79 Å². The van der Waals surface area contributed by atoms with Gasteiger partial charge in [-0.25, -0.2) is 0 Å². The third-order valence-electron chi connectivity index (χ3n) is 3.00. The van der Waals surface area contributed by atoms with E-state index < -0.39 is 5.92 Å². The van der Waals surface area contributed by atoms with Crippen LogP contribution in [0.4, 0.5) is 0 Å². The molecule has 3 atom stereocenters. The fraction of sp³-hybridized carbons (Fsp3) is 0.500. The van der Waals surface area contributed by atoms with Crippen molar-refractivity contribution in [3.8, 4) is 0 Å². The van der Waals surface area contributed by atoms with Crippen molar-refractivity contribution in [2.24, 2.45) is 5.92 Å². The van der Waals surface area contributed by atoms with Crippen molar-refractivity contribution in [2.45, 2.75) is 39.4 Å². The fourth-order valence-electron chi connectivity index (χ4n) is 2.19. The largest absolute Gasteiger partial charge is 0.493 e. The third-order valence-corrected chi connectivity index (χ3v) is 3.00. The topological polar surface area (TPSA) is 35.5 Å². The van der Waals surface area contributed by atoms with Crippen LogP contribution in [0.25, 0.3) is 0 Å². The van der Waals surface area contributed by atoms with Crippen LogP contribution in [0.3, 0.4) is 0 Å². The van der Waals surface area contributed by atoms with E-state index in [4.69, 9.17) is 9.47 Å². The number of ether oxygens (including phenoxy) is 2. The monoisotopic (exact) mass is 234 g/mol. The first-order valence-electron chi connectivity index (χ1n) is 6.00. The number of hydrogen-bond donors (Lipinski definition) is 0. The van der Waals surface area contributed by atoms with Crippen LogP contribution in [0, 0.1) is 5.92 Å². The lowest BCUT2D eigenvalue weighted by Gasteiger charge is -2.28. The Morgan fingerprint density at radius 3 is 2.65 bits per heavy atom. The summed E-state index contributed by atoms with van der Waals surface area (Å²) in [5.74, 6) is 0.0910. The molecule has 0 amide bonds. The summed E-state index contributed by atoms with van der Waals surface area (Å²) in [6.07, 6.45) is 8.25. The zero-order valence-electron chi connectivity index (χ0n) is 10.5. The van der Waals surface area contributed by atoms with Gasteiger partial charge in [0.25, 0.3) is 0 Å². The highest BCUT2D eigenvalue weighted by Crippen LogP contribution is 2.28. The first-order chi connectivity index (χ1) is 8.08. The second-order valence-electron chi connectivity index (χ2n) is 4.68. The van der Waals surface area contributed by atoms with Gasteiger partial charge in [-0.2, -0.15) is 0 Å². The number of carbonyl (C=O) groups excluding carboxylic acids is 1. The van der Waals surface area contributed by atoms with Crippen LogP contribution in [0.5, 0.6) is 0 Å². The quantitative estimate of drug-likeness (QED) is 0.604. The van der Waals surface area contributed by atoms with Gasteiger partial charge in [0, 0.05) is 6.42 Å². The number of fused-ring (bicyclic) bond motifs is 1. The first-order valence-corrected chi connectivity index (χ1v) is 6.00. The number of cyclic esters (lactones) is 1. The molecule has 92 valence electrons. The van der Waals surface area contributed by atoms with E-state index in [2.05, 4.69) is 0 Å². The summed E-state index contributed by atoms with van der Waals surface area (Å²) in [4.78, 5) is 12.0. The van der Waals surface area contributed by atoms with Crippen LogP contribution in [0.1, 0.15) is 27.2 Å². The molecule has 1 aliphatic carbocycles.